The second kappa shape index (κ2) is 14.8. The van der Waals surface area contributed by atoms with Crippen LogP contribution in [0.1, 0.15) is 17.5 Å². The number of rotatable bonds is 12. The normalized spacial score (nSPS) is 18.7. The van der Waals surface area contributed by atoms with E-state index in [1.165, 1.54) is 25.2 Å². The molecule has 2 amide bonds. The summed E-state index contributed by atoms with van der Waals surface area (Å²) in [5.41, 5.74) is 1.67. The zero-order valence-electron chi connectivity index (χ0n) is 21.6. The first-order valence-electron chi connectivity index (χ1n) is 12.2. The van der Waals surface area contributed by atoms with Gasteiger partial charge in [-0.2, -0.15) is 0 Å². The minimum Gasteiger partial charge on any atom is -0.493 e. The van der Waals surface area contributed by atoms with Crippen LogP contribution in [0.15, 0.2) is 48.0 Å². The Kier molecular flexibility index (Phi) is 11.8. The topological polar surface area (TPSA) is 138 Å². The SMILES string of the molecule is COCC(=O)N(Cc1ccc(Cl)cc1)C1CC(C(=O)NCCO)=CC(Oc2c(I)cc(CO)cc2OC)C1O. The number of methoxy groups -OCH3 is 2. The molecule has 10 nitrogen and oxygen atoms in total. The fourth-order valence-electron chi connectivity index (χ4n) is 4.28. The number of ether oxygens (including phenoxy) is 3. The molecular weight excluding hydrogens is 643 g/mol. The molecule has 0 radical (unpaired) electrons. The van der Waals surface area contributed by atoms with E-state index in [2.05, 4.69) is 5.32 Å². The highest BCUT2D eigenvalue weighted by Crippen LogP contribution is 2.37. The summed E-state index contributed by atoms with van der Waals surface area (Å²) in [6.07, 6.45) is -0.710. The van der Waals surface area contributed by atoms with Crippen LogP contribution in [0.25, 0.3) is 0 Å². The average Bonchev–Trinajstić information content (AvgIpc) is 2.93. The number of carbonyl (C=O) groups excluding carboxylic acids is 2. The maximum Gasteiger partial charge on any atom is 0.249 e. The first-order chi connectivity index (χ1) is 18.7. The average molecular weight is 675 g/mol. The number of amides is 2. The van der Waals surface area contributed by atoms with Gasteiger partial charge >= 0.3 is 0 Å². The van der Waals surface area contributed by atoms with Gasteiger partial charge in [-0.25, -0.2) is 0 Å². The highest BCUT2D eigenvalue weighted by Gasteiger charge is 2.41. The summed E-state index contributed by atoms with van der Waals surface area (Å²) in [6.45, 7) is -0.498. The minimum atomic E-state index is -1.23. The van der Waals surface area contributed by atoms with Gasteiger partial charge in [0.1, 0.15) is 18.8 Å². The summed E-state index contributed by atoms with van der Waals surface area (Å²) >= 11 is 8.07. The maximum atomic E-state index is 13.2. The predicted octanol–water partition coefficient (Wildman–Crippen LogP) is 2.04. The molecule has 0 aromatic heterocycles. The number of carbonyl (C=O) groups is 2. The van der Waals surface area contributed by atoms with E-state index >= 15 is 0 Å². The van der Waals surface area contributed by atoms with Crippen LogP contribution in [-0.4, -0.2) is 84.3 Å². The van der Waals surface area contributed by atoms with E-state index in [4.69, 9.17) is 25.8 Å². The molecule has 2 aromatic rings. The van der Waals surface area contributed by atoms with Crippen molar-refractivity contribution < 1.29 is 39.1 Å². The number of aliphatic hydroxyl groups is 3. The molecule has 1 aliphatic rings. The summed E-state index contributed by atoms with van der Waals surface area (Å²) in [7, 11) is 2.86. The van der Waals surface area contributed by atoms with Gasteiger partial charge in [0.05, 0.1) is 29.9 Å². The number of halogens is 2. The molecule has 0 fully saturated rings. The molecule has 12 heteroatoms. The smallest absolute Gasteiger partial charge is 0.249 e. The molecule has 0 saturated heterocycles. The summed E-state index contributed by atoms with van der Waals surface area (Å²) in [5, 5.41) is 33.5. The second-order valence-electron chi connectivity index (χ2n) is 8.86. The largest absolute Gasteiger partial charge is 0.493 e. The molecule has 4 N–H and O–H groups in total. The predicted molar refractivity (Wildman–Crippen MR) is 153 cm³/mol. The Morgan fingerprint density at radius 2 is 1.87 bits per heavy atom. The van der Waals surface area contributed by atoms with Crippen molar-refractivity contribution in [3.63, 3.8) is 0 Å². The Bertz CT molecular complexity index is 1180. The van der Waals surface area contributed by atoms with Gasteiger partial charge in [0.25, 0.3) is 0 Å². The van der Waals surface area contributed by atoms with Crippen LogP contribution < -0.4 is 14.8 Å². The van der Waals surface area contributed by atoms with Gasteiger partial charge in [0, 0.05) is 37.2 Å². The third-order valence-corrected chi connectivity index (χ3v) is 7.25. The van der Waals surface area contributed by atoms with Crippen molar-refractivity contribution in [2.45, 2.75) is 37.8 Å². The molecule has 3 unspecified atom stereocenters. The van der Waals surface area contributed by atoms with Gasteiger partial charge in [-0.1, -0.05) is 23.7 Å². The Balaban J connectivity index is 2.02. The standard InChI is InChI=1S/C27H32ClIN2O8/c1-37-15-24(34)31(13-16-3-5-19(28)6-4-16)21-11-18(27(36)30-7-8-32)12-22(25(21)35)39-26-20(29)9-17(14-33)10-23(26)38-2/h3-6,9-10,12,21-22,25,32-33,35H,7-8,11,13-15H2,1-2H3,(H,30,36). The molecule has 0 saturated carbocycles. The van der Waals surface area contributed by atoms with Crippen LogP contribution >= 0.6 is 34.2 Å². The maximum absolute atomic E-state index is 13.2. The third-order valence-electron chi connectivity index (χ3n) is 6.19. The van der Waals surface area contributed by atoms with Crippen molar-refractivity contribution in [2.75, 3.05) is 34.0 Å². The minimum absolute atomic E-state index is 0.0407. The number of aliphatic hydroxyl groups excluding tert-OH is 3. The van der Waals surface area contributed by atoms with Crippen molar-refractivity contribution in [2.24, 2.45) is 0 Å². The van der Waals surface area contributed by atoms with E-state index in [1.54, 1.807) is 36.4 Å². The van der Waals surface area contributed by atoms with Crippen molar-refractivity contribution in [3.8, 4) is 11.5 Å². The zero-order chi connectivity index (χ0) is 28.5. The van der Waals surface area contributed by atoms with Crippen LogP contribution in [0.5, 0.6) is 11.5 Å². The van der Waals surface area contributed by atoms with Gasteiger partial charge in [-0.15, -0.1) is 0 Å². The molecule has 212 valence electrons. The van der Waals surface area contributed by atoms with Crippen LogP contribution in [0, 0.1) is 3.57 Å². The quantitative estimate of drug-likeness (QED) is 0.251. The molecule has 2 aromatic carbocycles. The molecule has 3 atom stereocenters. The molecular formula is C27H32ClIN2O8. The van der Waals surface area contributed by atoms with E-state index in [0.717, 1.165) is 5.56 Å². The third kappa shape index (κ3) is 8.05. The van der Waals surface area contributed by atoms with Crippen molar-refractivity contribution in [1.29, 1.82) is 0 Å². The van der Waals surface area contributed by atoms with Gasteiger partial charge in [-0.05, 0) is 64.1 Å². The van der Waals surface area contributed by atoms with Crippen molar-refractivity contribution in [1.82, 2.24) is 10.2 Å². The van der Waals surface area contributed by atoms with E-state index in [9.17, 15) is 24.9 Å². The molecule has 1 aliphatic carbocycles. The Labute approximate surface area is 245 Å². The number of nitrogens with one attached hydrogen (secondary N) is 1. The Hall–Kier alpha value is -2.42. The highest BCUT2D eigenvalue weighted by atomic mass is 127. The number of hydrogen-bond donors (Lipinski definition) is 4. The number of hydrogen-bond acceptors (Lipinski definition) is 8. The second-order valence-corrected chi connectivity index (χ2v) is 10.5. The first kappa shape index (κ1) is 31.1. The van der Waals surface area contributed by atoms with Gasteiger partial charge in [0.2, 0.25) is 11.8 Å². The molecule has 3 rings (SSSR count). The van der Waals surface area contributed by atoms with Crippen molar-refractivity contribution in [3.05, 3.63) is 67.8 Å². The van der Waals surface area contributed by atoms with E-state index < -0.39 is 24.2 Å². The first-order valence-corrected chi connectivity index (χ1v) is 13.6. The zero-order valence-corrected chi connectivity index (χ0v) is 24.5. The lowest BCUT2D eigenvalue weighted by Gasteiger charge is -2.40. The van der Waals surface area contributed by atoms with Crippen LogP contribution in [-0.2, 0) is 27.5 Å². The fraction of sp³-hybridized carbons (Fsp3) is 0.407. The Morgan fingerprint density at radius 3 is 2.49 bits per heavy atom. The summed E-state index contributed by atoms with van der Waals surface area (Å²) in [6, 6.07) is 9.46. The molecule has 0 bridgehead atoms. The van der Waals surface area contributed by atoms with Gasteiger partial charge < -0.3 is 39.7 Å². The summed E-state index contributed by atoms with van der Waals surface area (Å²) in [4.78, 5) is 27.7. The van der Waals surface area contributed by atoms with Crippen LogP contribution in [0.2, 0.25) is 5.02 Å². The van der Waals surface area contributed by atoms with Gasteiger partial charge in [0.15, 0.2) is 11.5 Å². The van der Waals surface area contributed by atoms with Crippen LogP contribution in [0.3, 0.4) is 0 Å². The monoisotopic (exact) mass is 674 g/mol. The lowest BCUT2D eigenvalue weighted by molar-refractivity contribution is -0.143. The van der Waals surface area contributed by atoms with Crippen LogP contribution in [0.4, 0.5) is 0 Å². The molecule has 39 heavy (non-hydrogen) atoms. The Morgan fingerprint density at radius 1 is 1.15 bits per heavy atom. The number of nitrogens with zero attached hydrogens (tertiary/aromatic N) is 1. The lowest BCUT2D eigenvalue weighted by atomic mass is 9.87. The van der Waals surface area contributed by atoms with Gasteiger partial charge in [-0.3, -0.25) is 9.59 Å². The molecule has 0 heterocycles. The van der Waals surface area contributed by atoms with E-state index in [-0.39, 0.29) is 50.8 Å². The molecule has 0 spiro atoms. The fourth-order valence-corrected chi connectivity index (χ4v) is 5.20. The van der Waals surface area contributed by atoms with E-state index in [0.29, 0.717) is 25.7 Å². The molecule has 0 aliphatic heterocycles. The number of benzene rings is 2. The highest BCUT2D eigenvalue weighted by molar-refractivity contribution is 14.1. The van der Waals surface area contributed by atoms with E-state index in [1.807, 2.05) is 22.6 Å². The summed E-state index contributed by atoms with van der Waals surface area (Å²) in [5.74, 6) is -0.170. The lowest BCUT2D eigenvalue weighted by Crippen LogP contribution is -2.55. The van der Waals surface area contributed by atoms with Crippen molar-refractivity contribution >= 4 is 46.0 Å². The summed E-state index contributed by atoms with van der Waals surface area (Å²) < 4.78 is 17.4.